The Morgan fingerprint density at radius 1 is 1.26 bits per heavy atom. The normalized spacial score (nSPS) is 12.1. The topological polar surface area (TPSA) is 21.3 Å². The number of ether oxygens (including phenoxy) is 1. The zero-order valence-electron chi connectivity index (χ0n) is 12.3. The van der Waals surface area contributed by atoms with Crippen molar-refractivity contribution in [3.63, 3.8) is 0 Å². The van der Waals surface area contributed by atoms with Crippen molar-refractivity contribution in [3.05, 3.63) is 42.5 Å². The first kappa shape index (κ1) is 15.8. The van der Waals surface area contributed by atoms with Gasteiger partial charge < -0.3 is 10.1 Å². The van der Waals surface area contributed by atoms with Crippen LogP contribution in [0, 0.1) is 0 Å². The maximum atomic E-state index is 5.69. The van der Waals surface area contributed by atoms with Gasteiger partial charge in [-0.3, -0.25) is 0 Å². The van der Waals surface area contributed by atoms with E-state index >= 15 is 0 Å². The van der Waals surface area contributed by atoms with Crippen LogP contribution >= 0.6 is 0 Å². The van der Waals surface area contributed by atoms with Gasteiger partial charge in [0.15, 0.2) is 0 Å². The summed E-state index contributed by atoms with van der Waals surface area (Å²) in [6.07, 6.45) is 6.25. The molecule has 0 aromatic heterocycles. The zero-order valence-corrected chi connectivity index (χ0v) is 12.3. The van der Waals surface area contributed by atoms with Crippen molar-refractivity contribution in [1.29, 1.82) is 0 Å². The van der Waals surface area contributed by atoms with Crippen LogP contribution in [0.4, 0.5) is 0 Å². The summed E-state index contributed by atoms with van der Waals surface area (Å²) in [6, 6.07) is 8.92. The molecule has 2 heteroatoms. The van der Waals surface area contributed by atoms with Crippen LogP contribution in [0.15, 0.2) is 36.9 Å². The Kier molecular flexibility index (Phi) is 7.99. The van der Waals surface area contributed by atoms with Gasteiger partial charge in [0.25, 0.3) is 0 Å². The standard InChI is InChI=1S/C17H27NO/c1-4-7-8-14-19-16-11-9-15(10-12-16)17(6-3)18-13-5-2/h4,9-12,17-18H,1,5-8,13-14H2,2-3H3. The predicted octanol–water partition coefficient (Wildman–Crippen LogP) is 4.48. The van der Waals surface area contributed by atoms with Crippen LogP contribution in [-0.2, 0) is 0 Å². The number of unbranched alkanes of at least 4 members (excludes halogenated alkanes) is 1. The van der Waals surface area contributed by atoms with Crippen LogP contribution in [-0.4, -0.2) is 13.2 Å². The van der Waals surface area contributed by atoms with E-state index in [1.54, 1.807) is 0 Å². The molecule has 1 rings (SSSR count). The van der Waals surface area contributed by atoms with E-state index in [-0.39, 0.29) is 0 Å². The minimum atomic E-state index is 0.453. The molecule has 1 aromatic rings. The third-order valence-corrected chi connectivity index (χ3v) is 3.15. The fourth-order valence-electron chi connectivity index (χ4n) is 2.03. The van der Waals surface area contributed by atoms with Gasteiger partial charge in [-0.2, -0.15) is 0 Å². The van der Waals surface area contributed by atoms with E-state index in [0.29, 0.717) is 6.04 Å². The third-order valence-electron chi connectivity index (χ3n) is 3.15. The first-order chi connectivity index (χ1) is 9.31. The molecule has 106 valence electrons. The second kappa shape index (κ2) is 9.62. The minimum Gasteiger partial charge on any atom is -0.494 e. The molecule has 19 heavy (non-hydrogen) atoms. The van der Waals surface area contributed by atoms with Crippen LogP contribution in [0.3, 0.4) is 0 Å². The highest BCUT2D eigenvalue weighted by Crippen LogP contribution is 2.20. The van der Waals surface area contributed by atoms with Crippen molar-refractivity contribution < 1.29 is 4.74 Å². The summed E-state index contributed by atoms with van der Waals surface area (Å²) in [5.41, 5.74) is 1.34. The van der Waals surface area contributed by atoms with E-state index in [2.05, 4.69) is 50.0 Å². The molecule has 0 bridgehead atoms. The first-order valence-corrected chi connectivity index (χ1v) is 7.38. The highest BCUT2D eigenvalue weighted by atomic mass is 16.5. The van der Waals surface area contributed by atoms with Crippen LogP contribution < -0.4 is 10.1 Å². The average molecular weight is 261 g/mol. The van der Waals surface area contributed by atoms with Gasteiger partial charge >= 0.3 is 0 Å². The Bertz CT molecular complexity index is 345. The van der Waals surface area contributed by atoms with E-state index in [1.165, 1.54) is 12.0 Å². The molecule has 0 aliphatic carbocycles. The van der Waals surface area contributed by atoms with Gasteiger partial charge in [-0.15, -0.1) is 6.58 Å². The fraction of sp³-hybridized carbons (Fsp3) is 0.529. The predicted molar refractivity (Wildman–Crippen MR) is 82.7 cm³/mol. The molecule has 0 aliphatic rings. The molecule has 0 aliphatic heterocycles. The van der Waals surface area contributed by atoms with Crippen LogP contribution in [0.2, 0.25) is 0 Å². The molecule has 0 spiro atoms. The molecule has 0 fully saturated rings. The van der Waals surface area contributed by atoms with Gasteiger partial charge in [0, 0.05) is 6.04 Å². The minimum absolute atomic E-state index is 0.453. The molecule has 0 saturated carbocycles. The third kappa shape index (κ3) is 5.93. The molecule has 0 radical (unpaired) electrons. The Morgan fingerprint density at radius 2 is 2.00 bits per heavy atom. The van der Waals surface area contributed by atoms with Crippen molar-refractivity contribution in [2.24, 2.45) is 0 Å². The van der Waals surface area contributed by atoms with Crippen molar-refractivity contribution in [1.82, 2.24) is 5.32 Å². The molecular weight excluding hydrogens is 234 g/mol. The van der Waals surface area contributed by atoms with Crippen molar-refractivity contribution in [2.45, 2.75) is 45.6 Å². The molecule has 1 aromatic carbocycles. The summed E-state index contributed by atoms with van der Waals surface area (Å²) in [4.78, 5) is 0. The monoisotopic (exact) mass is 261 g/mol. The van der Waals surface area contributed by atoms with Gasteiger partial charge in [0.1, 0.15) is 5.75 Å². The lowest BCUT2D eigenvalue weighted by molar-refractivity contribution is 0.312. The summed E-state index contributed by atoms with van der Waals surface area (Å²) in [5, 5.41) is 3.56. The lowest BCUT2D eigenvalue weighted by atomic mass is 10.0. The maximum Gasteiger partial charge on any atom is 0.119 e. The van der Waals surface area contributed by atoms with Crippen molar-refractivity contribution in [2.75, 3.05) is 13.2 Å². The smallest absolute Gasteiger partial charge is 0.119 e. The molecule has 0 amide bonds. The largest absolute Gasteiger partial charge is 0.494 e. The summed E-state index contributed by atoms with van der Waals surface area (Å²) in [6.45, 7) is 9.95. The van der Waals surface area contributed by atoms with Crippen LogP contribution in [0.5, 0.6) is 5.75 Å². The second-order valence-electron chi connectivity index (χ2n) is 4.76. The highest BCUT2D eigenvalue weighted by molar-refractivity contribution is 5.29. The molecule has 1 unspecified atom stereocenters. The number of nitrogens with one attached hydrogen (secondary N) is 1. The lowest BCUT2D eigenvalue weighted by Gasteiger charge is -2.17. The SMILES string of the molecule is C=CCCCOc1ccc(C(CC)NCCC)cc1. The summed E-state index contributed by atoms with van der Waals surface area (Å²) in [5.74, 6) is 0.957. The molecule has 0 saturated heterocycles. The summed E-state index contributed by atoms with van der Waals surface area (Å²) >= 11 is 0. The first-order valence-electron chi connectivity index (χ1n) is 7.38. The van der Waals surface area contributed by atoms with Gasteiger partial charge in [0.2, 0.25) is 0 Å². The zero-order chi connectivity index (χ0) is 13.9. The fourth-order valence-corrected chi connectivity index (χ4v) is 2.03. The number of hydrogen-bond acceptors (Lipinski definition) is 2. The Balaban J connectivity index is 2.47. The van der Waals surface area contributed by atoms with E-state index < -0.39 is 0 Å². The van der Waals surface area contributed by atoms with E-state index in [9.17, 15) is 0 Å². The second-order valence-corrected chi connectivity index (χ2v) is 4.76. The van der Waals surface area contributed by atoms with Gasteiger partial charge in [0.05, 0.1) is 6.61 Å². The van der Waals surface area contributed by atoms with Crippen LogP contribution in [0.25, 0.3) is 0 Å². The van der Waals surface area contributed by atoms with Gasteiger partial charge in [-0.25, -0.2) is 0 Å². The summed E-state index contributed by atoms with van der Waals surface area (Å²) < 4.78 is 5.69. The Morgan fingerprint density at radius 3 is 2.58 bits per heavy atom. The molecule has 1 N–H and O–H groups in total. The van der Waals surface area contributed by atoms with E-state index in [1.807, 2.05) is 6.08 Å². The number of allylic oxidation sites excluding steroid dienone is 1. The molecule has 2 nitrogen and oxygen atoms in total. The maximum absolute atomic E-state index is 5.69. The van der Waals surface area contributed by atoms with Gasteiger partial charge in [-0.05, 0) is 49.9 Å². The molecule has 0 heterocycles. The molecular formula is C17H27NO. The summed E-state index contributed by atoms with van der Waals surface area (Å²) in [7, 11) is 0. The Hall–Kier alpha value is -1.28. The van der Waals surface area contributed by atoms with Crippen molar-refractivity contribution >= 4 is 0 Å². The van der Waals surface area contributed by atoms with E-state index in [0.717, 1.165) is 38.2 Å². The lowest BCUT2D eigenvalue weighted by Crippen LogP contribution is -2.21. The molecule has 1 atom stereocenters. The number of benzene rings is 1. The quantitative estimate of drug-likeness (QED) is 0.495. The number of rotatable bonds is 10. The Labute approximate surface area is 117 Å². The van der Waals surface area contributed by atoms with Crippen molar-refractivity contribution in [3.8, 4) is 5.75 Å². The highest BCUT2D eigenvalue weighted by Gasteiger charge is 2.07. The van der Waals surface area contributed by atoms with Crippen LogP contribution in [0.1, 0.15) is 51.1 Å². The average Bonchev–Trinajstić information content (AvgIpc) is 2.46. The van der Waals surface area contributed by atoms with Gasteiger partial charge in [-0.1, -0.05) is 32.1 Å². The number of hydrogen-bond donors (Lipinski definition) is 1. The van der Waals surface area contributed by atoms with E-state index in [4.69, 9.17) is 4.74 Å².